The molecular formula is C30H29ClN10O5. The molecule has 4 N–H and O–H groups in total. The summed E-state index contributed by atoms with van der Waals surface area (Å²) < 4.78 is 11.2. The van der Waals surface area contributed by atoms with Crippen LogP contribution in [0, 0.1) is 11.3 Å². The van der Waals surface area contributed by atoms with Crippen molar-refractivity contribution in [2.45, 2.75) is 37.8 Å². The van der Waals surface area contributed by atoms with Gasteiger partial charge in [0.2, 0.25) is 5.91 Å². The quantitative estimate of drug-likeness (QED) is 0.173. The van der Waals surface area contributed by atoms with Crippen LogP contribution in [0.4, 0.5) is 16.2 Å². The van der Waals surface area contributed by atoms with Crippen molar-refractivity contribution < 1.29 is 23.9 Å². The van der Waals surface area contributed by atoms with E-state index in [0.29, 0.717) is 70.4 Å². The smallest absolute Gasteiger partial charge is 0.411 e. The third kappa shape index (κ3) is 7.30. The number of rotatable bonds is 6. The first kappa shape index (κ1) is 31.7. The summed E-state index contributed by atoms with van der Waals surface area (Å²) in [6.45, 7) is 0. The van der Waals surface area contributed by atoms with Crippen LogP contribution in [0.2, 0.25) is 5.02 Å². The number of aromatic nitrogens is 6. The summed E-state index contributed by atoms with van der Waals surface area (Å²) in [5.41, 5.74) is 3.04. The third-order valence-electron chi connectivity index (χ3n) is 7.25. The van der Waals surface area contributed by atoms with Gasteiger partial charge in [0.05, 0.1) is 31.6 Å². The number of esters is 1. The molecule has 0 saturated carbocycles. The summed E-state index contributed by atoms with van der Waals surface area (Å²) in [7, 11) is 2.55. The lowest BCUT2D eigenvalue weighted by Crippen LogP contribution is -2.31. The van der Waals surface area contributed by atoms with E-state index >= 15 is 0 Å². The Hall–Kier alpha value is -5.75. The molecule has 2 aromatic carbocycles. The number of halogens is 1. The van der Waals surface area contributed by atoms with Crippen LogP contribution < -0.4 is 16.0 Å². The van der Waals surface area contributed by atoms with Crippen LogP contribution >= 0.6 is 11.6 Å². The summed E-state index contributed by atoms with van der Waals surface area (Å²) in [5.74, 6) is -0.500. The first-order valence-electron chi connectivity index (χ1n) is 14.1. The lowest BCUT2D eigenvalue weighted by atomic mass is 10.0. The highest BCUT2D eigenvalue weighted by molar-refractivity contribution is 6.30. The number of tetrazole rings is 1. The number of amides is 2. The maximum atomic E-state index is 13.2. The van der Waals surface area contributed by atoms with Crippen LogP contribution in [-0.2, 0) is 19.1 Å². The fraction of sp³-hybridized carbons (Fsp3) is 0.267. The van der Waals surface area contributed by atoms with Crippen molar-refractivity contribution in [2.75, 3.05) is 24.9 Å². The van der Waals surface area contributed by atoms with E-state index in [-0.39, 0.29) is 5.69 Å². The molecule has 3 heterocycles. The number of carbonyl (C=O) groups is 3. The lowest BCUT2D eigenvalue weighted by Gasteiger charge is -2.22. The van der Waals surface area contributed by atoms with Crippen molar-refractivity contribution in [3.63, 3.8) is 0 Å². The van der Waals surface area contributed by atoms with Crippen LogP contribution in [0.3, 0.4) is 0 Å². The van der Waals surface area contributed by atoms with E-state index in [1.54, 1.807) is 42.5 Å². The molecule has 46 heavy (non-hydrogen) atoms. The largest absolute Gasteiger partial charge is 0.467 e. The number of hydrogen-bond acceptors (Lipinski definition) is 11. The van der Waals surface area contributed by atoms with E-state index in [4.69, 9.17) is 21.1 Å². The van der Waals surface area contributed by atoms with Gasteiger partial charge >= 0.3 is 12.1 Å². The maximum Gasteiger partial charge on any atom is 0.411 e. The molecule has 236 valence electrons. The number of ether oxygens (including phenoxy) is 2. The number of H-pyrrole nitrogens is 1. The molecule has 1 aliphatic rings. The zero-order valence-corrected chi connectivity index (χ0v) is 25.5. The van der Waals surface area contributed by atoms with Crippen LogP contribution in [-0.4, -0.2) is 68.4 Å². The van der Waals surface area contributed by atoms with Crippen molar-refractivity contribution >= 4 is 47.0 Å². The van der Waals surface area contributed by atoms with Crippen molar-refractivity contribution in [3.8, 4) is 23.0 Å². The number of nitrogens with zero attached hydrogens (tertiary/aromatic N) is 6. The Balaban J connectivity index is 1.48. The topological polar surface area (TPSA) is 202 Å². The van der Waals surface area contributed by atoms with Crippen molar-refractivity contribution in [1.29, 1.82) is 5.26 Å². The summed E-state index contributed by atoms with van der Waals surface area (Å²) >= 11 is 6.21. The van der Waals surface area contributed by atoms with Crippen LogP contribution in [0.5, 0.6) is 0 Å². The fourth-order valence-electron chi connectivity index (χ4n) is 5.04. The molecule has 2 atom stereocenters. The zero-order valence-electron chi connectivity index (χ0n) is 24.8. The molecule has 2 amide bonds. The van der Waals surface area contributed by atoms with E-state index in [1.165, 1.54) is 31.3 Å². The highest BCUT2D eigenvalue weighted by Crippen LogP contribution is 2.35. The molecule has 15 nitrogen and oxygen atoms in total. The van der Waals surface area contributed by atoms with Gasteiger partial charge in [0.25, 0.3) is 0 Å². The first-order valence-corrected chi connectivity index (χ1v) is 14.5. The van der Waals surface area contributed by atoms with Gasteiger partial charge in [-0.15, -0.1) is 5.10 Å². The average Bonchev–Trinajstić information content (AvgIpc) is 3.75. The van der Waals surface area contributed by atoms with Gasteiger partial charge in [0.15, 0.2) is 5.69 Å². The number of hydrogen-bond donors (Lipinski definition) is 4. The second-order valence-corrected chi connectivity index (χ2v) is 10.6. The minimum absolute atomic E-state index is 0.0837. The molecule has 5 rings (SSSR count). The van der Waals surface area contributed by atoms with E-state index in [0.717, 1.165) is 0 Å². The van der Waals surface area contributed by atoms with Gasteiger partial charge in [-0.05, 0) is 65.7 Å². The minimum atomic E-state index is -0.729. The predicted octanol–water partition coefficient (Wildman–Crippen LogP) is 4.15. The van der Waals surface area contributed by atoms with E-state index < -0.39 is 30.1 Å². The van der Waals surface area contributed by atoms with Crippen LogP contribution in [0.1, 0.15) is 48.8 Å². The number of nitrogens with one attached hydrogen (secondary N) is 4. The molecule has 0 unspecified atom stereocenters. The number of imidazole rings is 1. The highest BCUT2D eigenvalue weighted by Gasteiger charge is 2.26. The molecule has 0 aliphatic carbocycles. The normalized spacial score (nSPS) is 16.1. The van der Waals surface area contributed by atoms with Gasteiger partial charge in [-0.2, -0.15) is 9.94 Å². The van der Waals surface area contributed by atoms with Gasteiger partial charge < -0.3 is 25.1 Å². The summed E-state index contributed by atoms with van der Waals surface area (Å²) in [6.07, 6.45) is 5.82. The molecule has 0 fully saturated rings. The Labute approximate surface area is 267 Å². The monoisotopic (exact) mass is 644 g/mol. The Morgan fingerprint density at radius 3 is 2.70 bits per heavy atom. The highest BCUT2D eigenvalue weighted by atomic mass is 35.5. The molecule has 16 heteroatoms. The van der Waals surface area contributed by atoms with Gasteiger partial charge in [0, 0.05) is 33.6 Å². The molecule has 1 aliphatic heterocycles. The van der Waals surface area contributed by atoms with E-state index in [9.17, 15) is 19.6 Å². The van der Waals surface area contributed by atoms with Gasteiger partial charge in [-0.1, -0.05) is 24.4 Å². The fourth-order valence-corrected chi connectivity index (χ4v) is 5.22. The number of benzene rings is 2. The van der Waals surface area contributed by atoms with Gasteiger partial charge in [0.1, 0.15) is 24.3 Å². The maximum absolute atomic E-state index is 13.2. The van der Waals surface area contributed by atoms with Gasteiger partial charge in [-0.25, -0.2) is 14.6 Å². The Kier molecular flexibility index (Phi) is 9.88. The Bertz CT molecular complexity index is 1810. The van der Waals surface area contributed by atoms with Crippen molar-refractivity contribution in [2.24, 2.45) is 0 Å². The van der Waals surface area contributed by atoms with Crippen LogP contribution in [0.15, 0.2) is 48.8 Å². The Morgan fingerprint density at radius 1 is 1.13 bits per heavy atom. The number of carbonyl (C=O) groups excluding carboxylic acids is 3. The molecule has 2 bridgehead atoms. The molecule has 0 spiro atoms. The lowest BCUT2D eigenvalue weighted by molar-refractivity contribution is -0.141. The molecule has 0 radical (unpaired) electrons. The second-order valence-electron chi connectivity index (χ2n) is 10.2. The molecule has 2 aromatic heterocycles. The number of anilines is 2. The summed E-state index contributed by atoms with van der Waals surface area (Å²) in [4.78, 5) is 45.6. The van der Waals surface area contributed by atoms with Crippen LogP contribution in [0.25, 0.3) is 23.0 Å². The average molecular weight is 645 g/mol. The standard InChI is InChI=1S/C30H29ClN10O5/c1-45-29(43)22-6-4-3-5-21(36-26(42)12-7-17-13-18(31)8-11-25(17)41-16-33-39-40-41)28-37-24(15-32)27(38-28)20-10-9-19(14-23(20)35-22)34-30(44)46-2/h7-14,16,21-22,35H,3-6H2,1-2H3,(H,34,44)(H,36,42)(H,37,38)/t21-,22+/m0/s1. The number of methoxy groups -OCH3 is 2. The predicted molar refractivity (Wildman–Crippen MR) is 167 cm³/mol. The summed E-state index contributed by atoms with van der Waals surface area (Å²) in [6, 6.07) is 10.8. The van der Waals surface area contributed by atoms with Gasteiger partial charge in [-0.3, -0.25) is 10.1 Å². The van der Waals surface area contributed by atoms with E-state index in [2.05, 4.69) is 47.5 Å². The van der Waals surface area contributed by atoms with E-state index in [1.807, 2.05) is 0 Å². The van der Waals surface area contributed by atoms with Crippen molar-refractivity contribution in [3.05, 3.63) is 70.9 Å². The SMILES string of the molecule is COC(=O)Nc1ccc2c(c1)N[C@@H](C(=O)OC)CCCC[C@H](NC(=O)C=Cc1cc(Cl)ccc1-n1cnnn1)c1nc(C#N)c-2[nH]1. The first-order chi connectivity index (χ1) is 22.3. The second kappa shape index (κ2) is 14.4. The molecular weight excluding hydrogens is 616 g/mol. The zero-order chi connectivity index (χ0) is 32.6. The Morgan fingerprint density at radius 2 is 1.96 bits per heavy atom. The number of nitriles is 1. The summed E-state index contributed by atoms with van der Waals surface area (Å²) in [5, 5.41) is 30.5. The molecule has 4 aromatic rings. The third-order valence-corrected chi connectivity index (χ3v) is 7.48. The van der Waals surface area contributed by atoms with Crippen molar-refractivity contribution in [1.82, 2.24) is 35.5 Å². The minimum Gasteiger partial charge on any atom is -0.467 e. The number of aromatic amines is 1. The number of fused-ring (bicyclic) bond motifs is 4. The molecule has 0 saturated heterocycles.